The summed E-state index contributed by atoms with van der Waals surface area (Å²) in [6.07, 6.45) is 4.38. The van der Waals surface area contributed by atoms with E-state index >= 15 is 0 Å². The first kappa shape index (κ1) is 29.6. The van der Waals surface area contributed by atoms with Crippen molar-refractivity contribution in [2.24, 2.45) is 5.73 Å². The number of non-ortho nitro benzene ring substituents is 1. The van der Waals surface area contributed by atoms with E-state index in [1.807, 2.05) is 12.5 Å². The smallest absolute Gasteiger partial charge is 0.374 e. The molecule has 1 atom stereocenters. The number of nitro benzene ring substituents is 1. The molecule has 1 aromatic carbocycles. The standard InChI is InChI=1S/C10H10N2O5.C5H12BNO3.C2H6S/c1-17-10(14)8-5-7(12(15)16)3-2-6(8)4-9(11)13;1-3-4(5(8)9)7-6(2)10;1-3-2/h2-3,5H,4H2,1H3,(H2,11,13);4,7,10H,3H2,1-2H3,(H,8,9);1-2H3/t;4-;/m.0./s1. The number of nitrogens with zero attached hydrogens (tertiary/aromatic N) is 1. The van der Waals surface area contributed by atoms with E-state index in [2.05, 4.69) is 9.96 Å². The molecule has 0 radical (unpaired) electrons. The largest absolute Gasteiger partial charge is 0.480 e. The molecule has 168 valence electrons. The molecule has 30 heavy (non-hydrogen) atoms. The molecule has 0 saturated carbocycles. The molecule has 1 aromatic rings. The third kappa shape index (κ3) is 12.8. The maximum Gasteiger partial charge on any atom is 0.374 e. The van der Waals surface area contributed by atoms with Gasteiger partial charge in [0.15, 0.2) is 0 Å². The number of benzene rings is 1. The summed E-state index contributed by atoms with van der Waals surface area (Å²) in [5, 5.41) is 30.2. The number of thioether (sulfide) groups is 1. The molecule has 0 unspecified atom stereocenters. The van der Waals surface area contributed by atoms with Crippen LogP contribution in [0, 0.1) is 10.1 Å². The average Bonchev–Trinajstić information content (AvgIpc) is 2.66. The number of amides is 1. The van der Waals surface area contributed by atoms with Gasteiger partial charge in [-0.05, 0) is 31.3 Å². The molecule has 0 saturated heterocycles. The zero-order valence-electron chi connectivity index (χ0n) is 17.6. The Bertz CT molecular complexity index is 718. The van der Waals surface area contributed by atoms with E-state index in [0.717, 1.165) is 13.2 Å². The van der Waals surface area contributed by atoms with E-state index in [1.54, 1.807) is 18.7 Å². The number of hydrogen-bond donors (Lipinski definition) is 4. The third-order valence-corrected chi connectivity index (χ3v) is 3.22. The molecule has 13 heteroatoms. The van der Waals surface area contributed by atoms with Crippen LogP contribution >= 0.6 is 11.8 Å². The number of esters is 1. The Kier molecular flexibility index (Phi) is 16.0. The number of carbonyl (C=O) groups is 3. The fourth-order valence-electron chi connectivity index (χ4n) is 1.97. The Morgan fingerprint density at radius 3 is 2.20 bits per heavy atom. The number of carboxylic acid groups (broad SMARTS) is 1. The molecule has 0 spiro atoms. The van der Waals surface area contributed by atoms with Crippen LogP contribution in [-0.2, 0) is 20.7 Å². The number of aliphatic carboxylic acids is 1. The van der Waals surface area contributed by atoms with Crippen LogP contribution in [0.25, 0.3) is 0 Å². The topological polar surface area (TPSA) is 182 Å². The second kappa shape index (κ2) is 16.2. The van der Waals surface area contributed by atoms with Gasteiger partial charge in [-0.1, -0.05) is 13.0 Å². The Morgan fingerprint density at radius 1 is 1.37 bits per heavy atom. The quantitative estimate of drug-likeness (QED) is 0.194. The molecule has 5 N–H and O–H groups in total. The Labute approximate surface area is 179 Å². The van der Waals surface area contributed by atoms with Crippen molar-refractivity contribution in [3.63, 3.8) is 0 Å². The minimum Gasteiger partial charge on any atom is -0.480 e. The lowest BCUT2D eigenvalue weighted by Gasteiger charge is -2.11. The van der Waals surface area contributed by atoms with E-state index in [9.17, 15) is 24.5 Å². The van der Waals surface area contributed by atoms with Gasteiger partial charge in [-0.3, -0.25) is 19.7 Å². The summed E-state index contributed by atoms with van der Waals surface area (Å²) in [5.74, 6) is -2.31. The second-order valence-electron chi connectivity index (χ2n) is 5.78. The molecule has 0 heterocycles. The predicted molar refractivity (Wildman–Crippen MR) is 115 cm³/mol. The van der Waals surface area contributed by atoms with Gasteiger partial charge in [-0.2, -0.15) is 11.8 Å². The fourth-order valence-corrected chi connectivity index (χ4v) is 1.97. The summed E-state index contributed by atoms with van der Waals surface area (Å²) in [4.78, 5) is 42.4. The van der Waals surface area contributed by atoms with Gasteiger partial charge in [-0.15, -0.1) is 0 Å². The van der Waals surface area contributed by atoms with Crippen molar-refractivity contribution < 1.29 is 34.2 Å². The highest BCUT2D eigenvalue weighted by Crippen LogP contribution is 2.19. The van der Waals surface area contributed by atoms with E-state index in [0.29, 0.717) is 12.0 Å². The summed E-state index contributed by atoms with van der Waals surface area (Å²) in [5.41, 5.74) is 5.03. The van der Waals surface area contributed by atoms with Crippen molar-refractivity contribution in [1.29, 1.82) is 0 Å². The molecule has 0 aliphatic rings. The monoisotopic (exact) mass is 445 g/mol. The number of primary amides is 1. The number of ether oxygens (including phenoxy) is 1. The lowest BCUT2D eigenvalue weighted by molar-refractivity contribution is -0.384. The molecule has 0 aromatic heterocycles. The molecule has 11 nitrogen and oxygen atoms in total. The van der Waals surface area contributed by atoms with Crippen LogP contribution in [0.5, 0.6) is 0 Å². The maximum atomic E-state index is 11.4. The number of carboxylic acids is 1. The van der Waals surface area contributed by atoms with Gasteiger partial charge in [0.2, 0.25) is 5.91 Å². The van der Waals surface area contributed by atoms with Crippen molar-refractivity contribution in [3.05, 3.63) is 39.4 Å². The minimum absolute atomic E-state index is 0.0273. The Balaban J connectivity index is 0. The van der Waals surface area contributed by atoms with Gasteiger partial charge >= 0.3 is 19.0 Å². The Hall–Kier alpha value is -2.64. The molecule has 0 fully saturated rings. The van der Waals surface area contributed by atoms with E-state index in [1.165, 1.54) is 19.0 Å². The van der Waals surface area contributed by atoms with E-state index in [4.69, 9.17) is 15.9 Å². The first-order chi connectivity index (χ1) is 13.9. The molecule has 0 aliphatic heterocycles. The van der Waals surface area contributed by atoms with Gasteiger partial charge in [0.05, 0.1) is 30.1 Å². The second-order valence-corrected chi connectivity index (χ2v) is 6.60. The number of hydrogen-bond acceptors (Lipinski definition) is 9. The van der Waals surface area contributed by atoms with Crippen molar-refractivity contribution in [2.75, 3.05) is 19.6 Å². The van der Waals surface area contributed by atoms with Gasteiger partial charge < -0.3 is 25.8 Å². The highest BCUT2D eigenvalue weighted by Gasteiger charge is 2.18. The minimum atomic E-state index is -0.927. The number of nitrogens with one attached hydrogen (secondary N) is 1. The lowest BCUT2D eigenvalue weighted by Crippen LogP contribution is -2.44. The molecule has 1 amide bonds. The van der Waals surface area contributed by atoms with Gasteiger partial charge in [0, 0.05) is 12.1 Å². The summed E-state index contributed by atoms with van der Waals surface area (Å²) >= 11 is 1.75. The number of nitrogens with two attached hydrogens (primary N) is 1. The zero-order chi connectivity index (χ0) is 23.9. The lowest BCUT2D eigenvalue weighted by atomic mass is 9.87. The SMILES string of the molecule is CC[C@H](NB(C)O)C(=O)O.COC(=O)c1cc([N+](=O)[O-])ccc1CC(N)=O.CSC. The van der Waals surface area contributed by atoms with Gasteiger partial charge in [-0.25, -0.2) is 4.79 Å². The van der Waals surface area contributed by atoms with Crippen LogP contribution in [0.1, 0.15) is 29.3 Å². The van der Waals surface area contributed by atoms with Gasteiger partial charge in [0.25, 0.3) is 5.69 Å². The van der Waals surface area contributed by atoms with Crippen molar-refractivity contribution >= 4 is 42.3 Å². The normalized spacial score (nSPS) is 10.3. The maximum absolute atomic E-state index is 11.4. The highest BCUT2D eigenvalue weighted by atomic mass is 32.2. The van der Waals surface area contributed by atoms with Gasteiger partial charge in [0.1, 0.15) is 0 Å². The van der Waals surface area contributed by atoms with Crippen LogP contribution in [0.15, 0.2) is 18.2 Å². The summed E-state index contributed by atoms with van der Waals surface area (Å²) in [7, 11) is 0.385. The number of carbonyl (C=O) groups excluding carboxylic acids is 2. The summed E-state index contributed by atoms with van der Waals surface area (Å²) < 4.78 is 4.48. The van der Waals surface area contributed by atoms with Crippen molar-refractivity contribution in [3.8, 4) is 0 Å². The van der Waals surface area contributed by atoms with E-state index in [-0.39, 0.29) is 17.7 Å². The molecular weight excluding hydrogens is 417 g/mol. The van der Waals surface area contributed by atoms with Crippen LogP contribution in [0.2, 0.25) is 6.82 Å². The number of methoxy groups -OCH3 is 1. The molecule has 0 bridgehead atoms. The summed E-state index contributed by atoms with van der Waals surface area (Å²) in [6, 6.07) is 2.93. The predicted octanol–water partition coefficient (Wildman–Crippen LogP) is 0.938. The highest BCUT2D eigenvalue weighted by molar-refractivity contribution is 7.97. The first-order valence-corrected chi connectivity index (χ1v) is 10.3. The third-order valence-electron chi connectivity index (χ3n) is 3.22. The molecule has 0 aliphatic carbocycles. The Morgan fingerprint density at radius 2 is 1.90 bits per heavy atom. The van der Waals surface area contributed by atoms with Crippen molar-refractivity contribution in [2.45, 2.75) is 32.6 Å². The fraction of sp³-hybridized carbons (Fsp3) is 0.471. The van der Waals surface area contributed by atoms with Crippen LogP contribution in [0.3, 0.4) is 0 Å². The van der Waals surface area contributed by atoms with Crippen LogP contribution in [-0.4, -0.2) is 65.6 Å². The van der Waals surface area contributed by atoms with Crippen LogP contribution in [0.4, 0.5) is 5.69 Å². The molecular formula is C17H28BN3O8S. The van der Waals surface area contributed by atoms with E-state index < -0.39 is 35.9 Å². The molecule has 1 rings (SSSR count). The number of rotatable bonds is 8. The zero-order valence-corrected chi connectivity index (χ0v) is 18.4. The van der Waals surface area contributed by atoms with Crippen LogP contribution < -0.4 is 11.0 Å². The van der Waals surface area contributed by atoms with Crippen molar-refractivity contribution in [1.82, 2.24) is 5.23 Å². The average molecular weight is 445 g/mol. The summed E-state index contributed by atoms with van der Waals surface area (Å²) in [6.45, 7) is 3.24. The first-order valence-electron chi connectivity index (χ1n) is 8.65. The number of nitro groups is 1.